The monoisotopic (exact) mass is 339 g/mol. The fourth-order valence-corrected chi connectivity index (χ4v) is 1.82. The van der Waals surface area contributed by atoms with Crippen LogP contribution in [0.5, 0.6) is 0 Å². The molecule has 0 bridgehead atoms. The molecule has 0 fully saturated rings. The number of hydrazone groups is 1. The molecule has 108 valence electrons. The van der Waals surface area contributed by atoms with Gasteiger partial charge in [0.2, 0.25) is 0 Å². The molecule has 20 heavy (non-hydrogen) atoms. The summed E-state index contributed by atoms with van der Waals surface area (Å²) in [5.74, 6) is -0.341. The molecule has 0 saturated heterocycles. The second-order valence-corrected chi connectivity index (χ2v) is 5.03. The Balaban J connectivity index is 2.73. The van der Waals surface area contributed by atoms with Crippen LogP contribution in [0.1, 0.15) is 20.3 Å². The molecule has 0 heterocycles. The highest BCUT2D eigenvalue weighted by Gasteiger charge is 2.12. The third-order valence-corrected chi connectivity index (χ3v) is 2.97. The molecule has 0 saturated carbocycles. The van der Waals surface area contributed by atoms with Crippen LogP contribution in [0.15, 0.2) is 45.7 Å². The SMILES string of the molecule is CCCNC(=O)C(=CO)C(C)=NNc1cccc(Br)c1. The summed E-state index contributed by atoms with van der Waals surface area (Å²) in [5.41, 5.74) is 4.16. The minimum atomic E-state index is -0.341. The van der Waals surface area contributed by atoms with E-state index in [1.807, 2.05) is 31.2 Å². The number of hydrogen-bond donors (Lipinski definition) is 3. The van der Waals surface area contributed by atoms with Crippen LogP contribution < -0.4 is 10.7 Å². The van der Waals surface area contributed by atoms with Crippen molar-refractivity contribution >= 4 is 33.2 Å². The first-order valence-corrected chi connectivity index (χ1v) is 7.06. The Hall–Kier alpha value is -1.82. The minimum absolute atomic E-state index is 0.140. The van der Waals surface area contributed by atoms with E-state index in [-0.39, 0.29) is 11.5 Å². The lowest BCUT2D eigenvalue weighted by Crippen LogP contribution is -2.28. The van der Waals surface area contributed by atoms with Gasteiger partial charge < -0.3 is 10.4 Å². The highest BCUT2D eigenvalue weighted by Crippen LogP contribution is 2.15. The highest BCUT2D eigenvalue weighted by molar-refractivity contribution is 9.10. The number of anilines is 1. The Morgan fingerprint density at radius 1 is 1.50 bits per heavy atom. The summed E-state index contributed by atoms with van der Waals surface area (Å²) in [6.07, 6.45) is 1.60. The number of carbonyl (C=O) groups excluding carboxylic acids is 1. The average Bonchev–Trinajstić information content (AvgIpc) is 2.43. The number of nitrogens with zero attached hydrogens (tertiary/aromatic N) is 1. The smallest absolute Gasteiger partial charge is 0.256 e. The van der Waals surface area contributed by atoms with E-state index in [0.29, 0.717) is 12.3 Å². The molecule has 0 spiro atoms. The van der Waals surface area contributed by atoms with E-state index in [1.54, 1.807) is 6.92 Å². The van der Waals surface area contributed by atoms with Gasteiger partial charge in [0.25, 0.3) is 5.91 Å². The molecule has 3 N–H and O–H groups in total. The van der Waals surface area contributed by atoms with Gasteiger partial charge in [0.05, 0.1) is 23.2 Å². The molecule has 0 atom stereocenters. The van der Waals surface area contributed by atoms with Crippen LogP contribution in [0, 0.1) is 0 Å². The van der Waals surface area contributed by atoms with Crippen molar-refractivity contribution in [2.45, 2.75) is 20.3 Å². The number of halogens is 1. The van der Waals surface area contributed by atoms with Crippen molar-refractivity contribution in [2.24, 2.45) is 5.10 Å². The summed E-state index contributed by atoms with van der Waals surface area (Å²) in [7, 11) is 0. The maximum atomic E-state index is 11.8. The van der Waals surface area contributed by atoms with E-state index in [9.17, 15) is 4.79 Å². The first kappa shape index (κ1) is 16.2. The summed E-state index contributed by atoms with van der Waals surface area (Å²) in [6.45, 7) is 4.17. The van der Waals surface area contributed by atoms with E-state index in [2.05, 4.69) is 31.8 Å². The van der Waals surface area contributed by atoms with Crippen molar-refractivity contribution in [3.63, 3.8) is 0 Å². The Labute approximate surface area is 126 Å². The Morgan fingerprint density at radius 2 is 2.25 bits per heavy atom. The summed E-state index contributed by atoms with van der Waals surface area (Å²) < 4.78 is 0.925. The average molecular weight is 340 g/mol. The molecule has 1 aromatic rings. The van der Waals surface area contributed by atoms with Gasteiger partial charge in [0.1, 0.15) is 0 Å². The minimum Gasteiger partial charge on any atom is -0.515 e. The lowest BCUT2D eigenvalue weighted by Gasteiger charge is -2.07. The molecule has 0 aliphatic carbocycles. The third-order valence-electron chi connectivity index (χ3n) is 2.48. The molecular weight excluding hydrogens is 322 g/mol. The topological polar surface area (TPSA) is 73.7 Å². The Bertz CT molecular complexity index is 527. The number of benzene rings is 1. The largest absolute Gasteiger partial charge is 0.515 e. The van der Waals surface area contributed by atoms with Gasteiger partial charge in [0, 0.05) is 11.0 Å². The van der Waals surface area contributed by atoms with Crippen LogP contribution >= 0.6 is 15.9 Å². The summed E-state index contributed by atoms with van der Waals surface area (Å²) in [4.78, 5) is 11.8. The quantitative estimate of drug-likeness (QED) is 0.322. The number of aliphatic hydroxyl groups is 1. The lowest BCUT2D eigenvalue weighted by molar-refractivity contribution is -0.117. The normalized spacial score (nSPS) is 12.2. The van der Waals surface area contributed by atoms with Gasteiger partial charge in [-0.05, 0) is 31.5 Å². The maximum absolute atomic E-state index is 11.8. The van der Waals surface area contributed by atoms with Gasteiger partial charge in [-0.1, -0.05) is 28.9 Å². The number of nitrogens with one attached hydrogen (secondary N) is 2. The first-order chi connectivity index (χ1) is 9.58. The van der Waals surface area contributed by atoms with Crippen molar-refractivity contribution in [3.8, 4) is 0 Å². The van der Waals surface area contributed by atoms with E-state index >= 15 is 0 Å². The third kappa shape index (κ3) is 5.05. The molecule has 0 radical (unpaired) electrons. The molecule has 1 rings (SSSR count). The van der Waals surface area contributed by atoms with Crippen LogP contribution in [0.3, 0.4) is 0 Å². The second-order valence-electron chi connectivity index (χ2n) is 4.12. The van der Waals surface area contributed by atoms with Crippen LogP contribution in [-0.4, -0.2) is 23.3 Å². The number of hydrogen-bond acceptors (Lipinski definition) is 4. The van der Waals surface area contributed by atoms with E-state index in [1.165, 1.54) is 0 Å². The molecule has 0 aromatic heterocycles. The Morgan fingerprint density at radius 3 is 2.85 bits per heavy atom. The molecular formula is C14H18BrN3O2. The fraction of sp³-hybridized carbons (Fsp3) is 0.286. The van der Waals surface area contributed by atoms with Crippen LogP contribution in [0.2, 0.25) is 0 Å². The van der Waals surface area contributed by atoms with Crippen LogP contribution in [0.25, 0.3) is 0 Å². The molecule has 0 unspecified atom stereocenters. The zero-order chi connectivity index (χ0) is 15.0. The van der Waals surface area contributed by atoms with Crippen molar-refractivity contribution in [1.29, 1.82) is 0 Å². The van der Waals surface area contributed by atoms with Gasteiger partial charge in [-0.3, -0.25) is 10.2 Å². The van der Waals surface area contributed by atoms with Gasteiger partial charge in [-0.15, -0.1) is 0 Å². The fourth-order valence-electron chi connectivity index (χ4n) is 1.42. The Kier molecular flexibility index (Phi) is 6.79. The summed E-state index contributed by atoms with van der Waals surface area (Å²) in [5, 5.41) is 15.9. The van der Waals surface area contributed by atoms with Crippen LogP contribution in [-0.2, 0) is 4.79 Å². The van der Waals surface area contributed by atoms with Crippen molar-refractivity contribution in [2.75, 3.05) is 12.0 Å². The van der Waals surface area contributed by atoms with E-state index in [4.69, 9.17) is 5.11 Å². The van der Waals surface area contributed by atoms with Crippen molar-refractivity contribution in [1.82, 2.24) is 5.32 Å². The molecule has 0 aliphatic rings. The van der Waals surface area contributed by atoms with Gasteiger partial charge in [0.15, 0.2) is 0 Å². The van der Waals surface area contributed by atoms with Crippen molar-refractivity contribution < 1.29 is 9.90 Å². The molecule has 1 aromatic carbocycles. The zero-order valence-electron chi connectivity index (χ0n) is 11.5. The number of carbonyl (C=O) groups is 1. The second kappa shape index (κ2) is 8.37. The zero-order valence-corrected chi connectivity index (χ0v) is 13.1. The molecule has 6 heteroatoms. The number of amides is 1. The molecule has 0 aliphatic heterocycles. The van der Waals surface area contributed by atoms with E-state index in [0.717, 1.165) is 22.8 Å². The first-order valence-electron chi connectivity index (χ1n) is 6.27. The van der Waals surface area contributed by atoms with Crippen molar-refractivity contribution in [3.05, 3.63) is 40.6 Å². The highest BCUT2D eigenvalue weighted by atomic mass is 79.9. The predicted molar refractivity (Wildman–Crippen MR) is 84.9 cm³/mol. The standard InChI is InChI=1S/C14H18BrN3O2/c1-3-7-16-14(20)13(9-19)10(2)17-18-12-6-4-5-11(15)8-12/h4-6,8-9,18-19H,3,7H2,1-2H3,(H,16,20). The summed E-state index contributed by atoms with van der Waals surface area (Å²) >= 11 is 3.36. The predicted octanol–water partition coefficient (Wildman–Crippen LogP) is 3.21. The van der Waals surface area contributed by atoms with Gasteiger partial charge in [-0.2, -0.15) is 5.10 Å². The van der Waals surface area contributed by atoms with Gasteiger partial charge >= 0.3 is 0 Å². The lowest BCUT2D eigenvalue weighted by atomic mass is 10.2. The van der Waals surface area contributed by atoms with Crippen LogP contribution in [0.4, 0.5) is 5.69 Å². The summed E-state index contributed by atoms with van der Waals surface area (Å²) in [6, 6.07) is 7.48. The molecule has 1 amide bonds. The maximum Gasteiger partial charge on any atom is 0.256 e. The molecule has 5 nitrogen and oxygen atoms in total. The number of aliphatic hydroxyl groups excluding tert-OH is 1. The number of rotatable bonds is 6. The van der Waals surface area contributed by atoms with E-state index < -0.39 is 0 Å². The van der Waals surface area contributed by atoms with Gasteiger partial charge in [-0.25, -0.2) is 0 Å².